The Labute approximate surface area is 55.8 Å². The van der Waals surface area contributed by atoms with Crippen molar-refractivity contribution in [3.8, 4) is 0 Å². The monoisotopic (exact) mass is 207 g/mol. The van der Waals surface area contributed by atoms with Crippen molar-refractivity contribution in [2.45, 2.75) is 6.92 Å². The maximum atomic E-state index is 3.76. The fourth-order valence-electron chi connectivity index (χ4n) is 0.357. The summed E-state index contributed by atoms with van der Waals surface area (Å²) in [4.78, 5) is 0. The molecular weight excluding hydrogens is 203 g/mol. The van der Waals surface area contributed by atoms with Gasteiger partial charge in [0.05, 0.1) is 5.70 Å². The fourth-order valence-corrected chi connectivity index (χ4v) is 0.915. The van der Waals surface area contributed by atoms with Gasteiger partial charge in [0.25, 0.3) is 0 Å². The Bertz CT molecular complexity index is 137. The van der Waals surface area contributed by atoms with Crippen molar-refractivity contribution >= 4 is 26.3 Å². The van der Waals surface area contributed by atoms with Gasteiger partial charge in [0, 0.05) is 0 Å². The van der Waals surface area contributed by atoms with Crippen LogP contribution in [0, 0.1) is 0 Å². The number of halogens is 1. The van der Waals surface area contributed by atoms with Crippen LogP contribution in [0.2, 0.25) is 0 Å². The van der Waals surface area contributed by atoms with Gasteiger partial charge in [0.15, 0.2) is 0 Å². The molecular formula is C4H4IN2. The van der Waals surface area contributed by atoms with E-state index in [1.54, 1.807) is 0 Å². The van der Waals surface area contributed by atoms with Crippen LogP contribution >= 0.6 is 22.6 Å². The second kappa shape index (κ2) is 1.81. The van der Waals surface area contributed by atoms with E-state index < -0.39 is 0 Å². The van der Waals surface area contributed by atoms with E-state index in [9.17, 15) is 0 Å². The van der Waals surface area contributed by atoms with E-state index in [2.05, 4.69) is 33.1 Å². The molecule has 0 atom stereocenters. The molecule has 0 saturated heterocycles. The van der Waals surface area contributed by atoms with Crippen LogP contribution in [0.15, 0.2) is 16.9 Å². The van der Waals surface area contributed by atoms with Crippen LogP contribution in [-0.4, -0.2) is 3.72 Å². The van der Waals surface area contributed by atoms with Gasteiger partial charge < -0.3 is 0 Å². The molecule has 1 heterocycles. The highest BCUT2D eigenvalue weighted by Crippen LogP contribution is 2.04. The van der Waals surface area contributed by atoms with Crippen LogP contribution < -0.4 is 5.43 Å². The summed E-state index contributed by atoms with van der Waals surface area (Å²) in [6, 6.07) is 0. The molecule has 0 aromatic carbocycles. The van der Waals surface area contributed by atoms with Crippen LogP contribution in [0.5, 0.6) is 0 Å². The molecule has 1 aliphatic rings. The summed E-state index contributed by atoms with van der Waals surface area (Å²) >= 11 is 2.13. The van der Waals surface area contributed by atoms with Crippen LogP contribution in [0.3, 0.4) is 0 Å². The van der Waals surface area contributed by atoms with Gasteiger partial charge in [-0.15, -0.1) is 5.10 Å². The molecule has 0 amide bonds. The summed E-state index contributed by atoms with van der Waals surface area (Å²) < 4.78 is 0.968. The summed E-state index contributed by atoms with van der Waals surface area (Å²) in [7, 11) is 0. The van der Waals surface area contributed by atoms with Gasteiger partial charge in [-0.25, -0.2) is 0 Å². The first-order chi connectivity index (χ1) is 3.29. The first-order valence-corrected chi connectivity index (χ1v) is 2.99. The first kappa shape index (κ1) is 5.08. The molecule has 0 saturated carbocycles. The molecule has 1 rings (SSSR count). The second-order valence-corrected chi connectivity index (χ2v) is 2.41. The second-order valence-electron chi connectivity index (χ2n) is 1.31. The molecule has 37 valence electrons. The number of hydrogen-bond donors (Lipinski definition) is 0. The van der Waals surface area contributed by atoms with Gasteiger partial charge in [-0.2, -0.15) is 5.43 Å². The van der Waals surface area contributed by atoms with Gasteiger partial charge in [-0.1, -0.05) is 0 Å². The van der Waals surface area contributed by atoms with Gasteiger partial charge in [0.2, 0.25) is 0 Å². The van der Waals surface area contributed by atoms with E-state index in [4.69, 9.17) is 0 Å². The van der Waals surface area contributed by atoms with Gasteiger partial charge in [0.1, 0.15) is 3.72 Å². The van der Waals surface area contributed by atoms with Crippen LogP contribution in [0.4, 0.5) is 0 Å². The van der Waals surface area contributed by atoms with Crippen molar-refractivity contribution in [3.63, 3.8) is 0 Å². The third-order valence-corrected chi connectivity index (χ3v) is 1.16. The largest absolute Gasteiger partial charge is 0.155 e. The lowest BCUT2D eigenvalue weighted by Crippen LogP contribution is -1.82. The Hall–Kier alpha value is -0.0600. The Kier molecular flexibility index (Phi) is 1.32. The minimum Gasteiger partial charge on any atom is -0.155 e. The third-order valence-electron chi connectivity index (χ3n) is 0.631. The van der Waals surface area contributed by atoms with Gasteiger partial charge in [-0.3, -0.25) is 0 Å². The molecule has 0 unspecified atom stereocenters. The minimum atomic E-state index is 0.968. The lowest BCUT2D eigenvalue weighted by molar-refractivity contribution is 0.897. The average molecular weight is 207 g/mol. The number of nitrogens with zero attached hydrogens (tertiary/aromatic N) is 2. The predicted molar refractivity (Wildman–Crippen MR) is 37.3 cm³/mol. The fraction of sp³-hybridized carbons (Fsp3) is 0.250. The highest BCUT2D eigenvalue weighted by atomic mass is 127. The highest BCUT2D eigenvalue weighted by Gasteiger charge is 1.98. The van der Waals surface area contributed by atoms with Crippen molar-refractivity contribution in [2.24, 2.45) is 5.10 Å². The third kappa shape index (κ3) is 1.15. The molecule has 7 heavy (non-hydrogen) atoms. The quantitative estimate of drug-likeness (QED) is 0.534. The molecule has 0 fully saturated rings. The topological polar surface area (TPSA) is 26.5 Å². The molecule has 0 aliphatic carbocycles. The standard InChI is InChI=1S/C4H4IN2/c1-3-2-4(5)7-6-3/h2H,1H3. The van der Waals surface area contributed by atoms with Crippen LogP contribution in [-0.2, 0) is 0 Å². The molecule has 0 aromatic heterocycles. The Morgan fingerprint density at radius 2 is 2.43 bits per heavy atom. The average Bonchev–Trinajstić information content (AvgIpc) is 1.87. The molecule has 0 spiro atoms. The molecule has 1 radical (unpaired) electrons. The van der Waals surface area contributed by atoms with Crippen molar-refractivity contribution in [2.75, 3.05) is 0 Å². The van der Waals surface area contributed by atoms with Crippen LogP contribution in [0.25, 0.3) is 0 Å². The van der Waals surface area contributed by atoms with Gasteiger partial charge in [-0.05, 0) is 35.6 Å². The smallest absolute Gasteiger partial charge is 0.125 e. The lowest BCUT2D eigenvalue weighted by atomic mass is 10.5. The number of allylic oxidation sites excluding steroid dienone is 2. The summed E-state index contributed by atoms with van der Waals surface area (Å²) in [5.74, 6) is 0. The normalized spacial score (nSPS) is 18.0. The summed E-state index contributed by atoms with van der Waals surface area (Å²) in [6.07, 6.45) is 1.93. The minimum absolute atomic E-state index is 0.968. The maximum absolute atomic E-state index is 3.76. The molecule has 1 aliphatic heterocycles. The number of rotatable bonds is 0. The lowest BCUT2D eigenvalue weighted by Gasteiger charge is -1.78. The van der Waals surface area contributed by atoms with Crippen molar-refractivity contribution < 1.29 is 0 Å². The Balaban J connectivity index is 2.69. The Morgan fingerprint density at radius 1 is 1.71 bits per heavy atom. The zero-order chi connectivity index (χ0) is 5.28. The maximum Gasteiger partial charge on any atom is 0.125 e. The summed E-state index contributed by atoms with van der Waals surface area (Å²) in [5.41, 5.74) is 4.75. The zero-order valence-corrected chi connectivity index (χ0v) is 6.01. The van der Waals surface area contributed by atoms with Crippen molar-refractivity contribution in [1.29, 1.82) is 0 Å². The van der Waals surface area contributed by atoms with Crippen molar-refractivity contribution in [3.05, 3.63) is 11.8 Å². The molecule has 0 N–H and O–H groups in total. The molecule has 2 nitrogen and oxygen atoms in total. The van der Waals surface area contributed by atoms with Crippen LogP contribution in [0.1, 0.15) is 6.92 Å². The molecule has 0 bridgehead atoms. The SMILES string of the molecule is CC1=CC(I)=N[N]1. The predicted octanol–water partition coefficient (Wildman–Crippen LogP) is 1.26. The van der Waals surface area contributed by atoms with E-state index in [-0.39, 0.29) is 0 Å². The molecule has 0 aromatic rings. The summed E-state index contributed by atoms with van der Waals surface area (Å²) in [5, 5.41) is 3.75. The number of hydrogen-bond acceptors (Lipinski definition) is 1. The van der Waals surface area contributed by atoms with E-state index in [1.807, 2.05) is 13.0 Å². The van der Waals surface area contributed by atoms with Crippen molar-refractivity contribution in [1.82, 2.24) is 5.43 Å². The summed E-state index contributed by atoms with van der Waals surface area (Å²) in [6.45, 7) is 1.93. The Morgan fingerprint density at radius 3 is 2.57 bits per heavy atom. The van der Waals surface area contributed by atoms with Gasteiger partial charge >= 0.3 is 0 Å². The van der Waals surface area contributed by atoms with E-state index >= 15 is 0 Å². The highest BCUT2D eigenvalue weighted by molar-refractivity contribution is 14.1. The van der Waals surface area contributed by atoms with E-state index in [1.165, 1.54) is 0 Å². The zero-order valence-electron chi connectivity index (χ0n) is 3.85. The van der Waals surface area contributed by atoms with E-state index in [0.717, 1.165) is 9.42 Å². The first-order valence-electron chi connectivity index (χ1n) is 1.91. The van der Waals surface area contributed by atoms with E-state index in [0.29, 0.717) is 0 Å². The molecule has 3 heteroatoms.